The summed E-state index contributed by atoms with van der Waals surface area (Å²) in [4.78, 5) is 24.5. The second-order valence-corrected chi connectivity index (χ2v) is 10.8. The Morgan fingerprint density at radius 3 is 2.15 bits per heavy atom. The second-order valence-electron chi connectivity index (χ2n) is 10.8. The molecule has 4 rings (SSSR count). The van der Waals surface area contributed by atoms with E-state index in [1.807, 2.05) is 25.1 Å². The first-order valence-electron chi connectivity index (χ1n) is 13.4. The van der Waals surface area contributed by atoms with Gasteiger partial charge < -0.3 is 9.84 Å². The lowest BCUT2D eigenvalue weighted by Crippen LogP contribution is -2.25. The molecule has 7 heteroatoms. The Bertz CT molecular complexity index is 1490. The Hall–Kier alpha value is -4.13. The summed E-state index contributed by atoms with van der Waals surface area (Å²) in [7, 11) is 1.46. The number of aromatic carboxylic acids is 1. The fraction of sp³-hybridized carbons (Fsp3) is 0.344. The van der Waals surface area contributed by atoms with Crippen molar-refractivity contribution in [3.63, 3.8) is 0 Å². The number of carboxylic acids is 1. The third-order valence-electron chi connectivity index (χ3n) is 7.05. The molecule has 3 aromatic carbocycles. The van der Waals surface area contributed by atoms with Crippen molar-refractivity contribution < 1.29 is 14.6 Å². The Morgan fingerprint density at radius 2 is 1.56 bits per heavy atom. The third-order valence-corrected chi connectivity index (χ3v) is 7.05. The number of carboxylic acid groups (broad SMARTS) is 1. The van der Waals surface area contributed by atoms with Gasteiger partial charge in [-0.25, -0.2) is 14.3 Å². The molecule has 1 heterocycles. The van der Waals surface area contributed by atoms with Crippen LogP contribution in [0.15, 0.2) is 71.5 Å². The molecule has 1 aromatic heterocycles. The summed E-state index contributed by atoms with van der Waals surface area (Å²) in [5.41, 5.74) is 5.43. The zero-order chi connectivity index (χ0) is 28.2. The van der Waals surface area contributed by atoms with Gasteiger partial charge in [-0.05, 0) is 65.1 Å². The molecule has 0 aliphatic heterocycles. The van der Waals surface area contributed by atoms with Gasteiger partial charge in [-0.2, -0.15) is 5.10 Å². The van der Waals surface area contributed by atoms with Crippen LogP contribution in [0.25, 0.3) is 11.1 Å². The van der Waals surface area contributed by atoms with Crippen molar-refractivity contribution in [3.05, 3.63) is 105 Å². The predicted octanol–water partition coefficient (Wildman–Crippen LogP) is 5.96. The van der Waals surface area contributed by atoms with Crippen molar-refractivity contribution in [2.75, 3.05) is 7.11 Å². The van der Waals surface area contributed by atoms with E-state index in [1.165, 1.54) is 18.2 Å². The van der Waals surface area contributed by atoms with E-state index in [9.17, 15) is 14.7 Å². The van der Waals surface area contributed by atoms with E-state index < -0.39 is 5.97 Å². The summed E-state index contributed by atoms with van der Waals surface area (Å²) in [5.74, 6) is 0.135. The molecule has 7 nitrogen and oxygen atoms in total. The smallest absolute Gasteiger partial charge is 0.346 e. The van der Waals surface area contributed by atoms with Gasteiger partial charge in [-0.3, -0.25) is 4.57 Å². The first-order chi connectivity index (χ1) is 18.6. The molecule has 0 amide bonds. The van der Waals surface area contributed by atoms with E-state index in [1.54, 1.807) is 21.4 Å². The maximum atomic E-state index is 13.0. The normalized spacial score (nSPS) is 11.5. The van der Waals surface area contributed by atoms with Gasteiger partial charge in [0.15, 0.2) is 0 Å². The summed E-state index contributed by atoms with van der Waals surface area (Å²) in [6.45, 7) is 9.59. The zero-order valence-electron chi connectivity index (χ0n) is 23.4. The lowest BCUT2D eigenvalue weighted by atomic mass is 9.87. The fourth-order valence-electron chi connectivity index (χ4n) is 4.74. The number of rotatable bonds is 10. The van der Waals surface area contributed by atoms with Gasteiger partial charge >= 0.3 is 11.7 Å². The highest BCUT2D eigenvalue weighted by molar-refractivity contribution is 5.92. The van der Waals surface area contributed by atoms with Crippen LogP contribution >= 0.6 is 0 Å². The van der Waals surface area contributed by atoms with E-state index in [-0.39, 0.29) is 16.7 Å². The summed E-state index contributed by atoms with van der Waals surface area (Å²) >= 11 is 0. The monoisotopic (exact) mass is 527 g/mol. The Morgan fingerprint density at radius 1 is 0.923 bits per heavy atom. The molecule has 0 saturated heterocycles. The number of hydrogen-bond donors (Lipinski definition) is 1. The number of ether oxygens (including phenoxy) is 1. The van der Waals surface area contributed by atoms with Crippen molar-refractivity contribution in [1.82, 2.24) is 14.3 Å². The molecule has 0 radical (unpaired) electrons. The van der Waals surface area contributed by atoms with Crippen LogP contribution in [0.1, 0.15) is 67.0 Å². The van der Waals surface area contributed by atoms with Gasteiger partial charge in [-0.15, -0.1) is 0 Å². The predicted molar refractivity (Wildman–Crippen MR) is 154 cm³/mol. The van der Waals surface area contributed by atoms with Crippen molar-refractivity contribution in [2.24, 2.45) is 0 Å². The van der Waals surface area contributed by atoms with Gasteiger partial charge in [0, 0.05) is 13.0 Å². The van der Waals surface area contributed by atoms with Crippen LogP contribution in [0.2, 0.25) is 0 Å². The van der Waals surface area contributed by atoms with Gasteiger partial charge in [0.05, 0.1) is 13.7 Å². The van der Waals surface area contributed by atoms with Gasteiger partial charge in [0.2, 0.25) is 0 Å². The number of aryl methyl sites for hydroxylation is 2. The Kier molecular flexibility index (Phi) is 8.38. The molecule has 0 atom stereocenters. The lowest BCUT2D eigenvalue weighted by molar-refractivity contribution is 0.0693. The van der Waals surface area contributed by atoms with E-state index in [4.69, 9.17) is 4.74 Å². The van der Waals surface area contributed by atoms with Gasteiger partial charge in [0.25, 0.3) is 0 Å². The maximum absolute atomic E-state index is 13.0. The molecule has 0 unspecified atom stereocenters. The average molecular weight is 528 g/mol. The molecule has 0 aliphatic carbocycles. The van der Waals surface area contributed by atoms with Crippen molar-refractivity contribution in [1.29, 1.82) is 0 Å². The lowest BCUT2D eigenvalue weighted by Gasteiger charge is -2.19. The number of methoxy groups -OCH3 is 1. The highest BCUT2D eigenvalue weighted by Crippen LogP contribution is 2.27. The minimum absolute atomic E-state index is 0.0722. The van der Waals surface area contributed by atoms with Crippen LogP contribution in [0.5, 0.6) is 5.75 Å². The molecule has 4 aromatic rings. The summed E-state index contributed by atoms with van der Waals surface area (Å²) in [6, 6.07) is 21.7. The van der Waals surface area contributed by atoms with Crippen LogP contribution < -0.4 is 10.4 Å². The number of nitrogens with zero attached hydrogens (tertiary/aromatic N) is 3. The van der Waals surface area contributed by atoms with Crippen LogP contribution in [0.4, 0.5) is 0 Å². The van der Waals surface area contributed by atoms with Crippen LogP contribution in [0.3, 0.4) is 0 Å². The topological polar surface area (TPSA) is 86.3 Å². The quantitative estimate of drug-likeness (QED) is 0.275. The highest BCUT2D eigenvalue weighted by Gasteiger charge is 2.16. The standard InChI is InChI=1S/C32H37N3O4/c1-6-34-29(33-35(31(34)38)21-23-12-17-26(18-13-23)32(2,3)4)9-7-8-22-10-14-24(15-11-22)25-16-19-28(39-5)27(20-25)30(36)37/h10-20H,6-9,21H2,1-5H3,(H,36,37). The number of hydrogen-bond acceptors (Lipinski definition) is 4. The molecule has 0 bridgehead atoms. The van der Waals surface area contributed by atoms with Crippen molar-refractivity contribution in [3.8, 4) is 16.9 Å². The maximum Gasteiger partial charge on any atom is 0.346 e. The molecule has 204 valence electrons. The van der Waals surface area contributed by atoms with E-state index in [0.717, 1.165) is 35.4 Å². The summed E-state index contributed by atoms with van der Waals surface area (Å²) < 4.78 is 8.49. The SMILES string of the molecule is CCn1c(CCCc2ccc(-c3ccc(OC)c(C(=O)O)c3)cc2)nn(Cc2ccc(C(C)(C)C)cc2)c1=O. The van der Waals surface area contributed by atoms with Gasteiger partial charge in [-0.1, -0.05) is 75.4 Å². The van der Waals surface area contributed by atoms with Gasteiger partial charge in [0.1, 0.15) is 17.1 Å². The zero-order valence-corrected chi connectivity index (χ0v) is 23.4. The third kappa shape index (κ3) is 6.48. The van der Waals surface area contributed by atoms with Crippen molar-refractivity contribution in [2.45, 2.75) is 65.5 Å². The first kappa shape index (κ1) is 27.9. The van der Waals surface area contributed by atoms with E-state index in [0.29, 0.717) is 25.3 Å². The second kappa shape index (κ2) is 11.7. The molecule has 39 heavy (non-hydrogen) atoms. The molecule has 1 N–H and O–H groups in total. The van der Waals surface area contributed by atoms with Crippen LogP contribution in [-0.2, 0) is 31.3 Å². The number of carbonyl (C=O) groups is 1. The molecule has 0 aliphatic rings. The highest BCUT2D eigenvalue weighted by atomic mass is 16.5. The minimum atomic E-state index is -1.02. The van der Waals surface area contributed by atoms with E-state index in [2.05, 4.69) is 62.3 Å². The molecular formula is C32H37N3O4. The molecule has 0 spiro atoms. The number of aromatic nitrogens is 3. The van der Waals surface area contributed by atoms with Crippen LogP contribution in [-0.4, -0.2) is 32.5 Å². The fourth-order valence-corrected chi connectivity index (χ4v) is 4.74. The Balaban J connectivity index is 1.40. The van der Waals surface area contributed by atoms with Crippen LogP contribution in [0, 0.1) is 0 Å². The Labute approximate surface area is 229 Å². The summed E-state index contributed by atoms with van der Waals surface area (Å²) in [5, 5.41) is 14.1. The molecule has 0 saturated carbocycles. The van der Waals surface area contributed by atoms with E-state index >= 15 is 0 Å². The first-order valence-corrected chi connectivity index (χ1v) is 13.4. The summed E-state index contributed by atoms with van der Waals surface area (Å²) in [6.07, 6.45) is 2.42. The molecular weight excluding hydrogens is 490 g/mol. The number of benzene rings is 3. The molecule has 0 fully saturated rings. The average Bonchev–Trinajstić information content (AvgIpc) is 3.22. The minimum Gasteiger partial charge on any atom is -0.496 e. The largest absolute Gasteiger partial charge is 0.496 e. The van der Waals surface area contributed by atoms with Crippen molar-refractivity contribution >= 4 is 5.97 Å².